The van der Waals surface area contributed by atoms with E-state index in [1.807, 2.05) is 0 Å². The van der Waals surface area contributed by atoms with Crippen molar-refractivity contribution in [3.05, 3.63) is 56.7 Å². The second-order valence-electron chi connectivity index (χ2n) is 3.88. The number of nitrogens with zero attached hydrogens (tertiary/aromatic N) is 1. The summed E-state index contributed by atoms with van der Waals surface area (Å²) >= 11 is 0.820. The number of benzene rings is 1. The summed E-state index contributed by atoms with van der Waals surface area (Å²) in [6.45, 7) is 0. The van der Waals surface area contributed by atoms with Crippen molar-refractivity contribution in [2.45, 2.75) is 0 Å². The number of carbonyl (C=O) groups excluding carboxylic acids is 1. The third-order valence-corrected chi connectivity index (χ3v) is 3.40. The topological polar surface area (TPSA) is 110 Å². The minimum absolute atomic E-state index is 0.0236. The molecule has 9 heteroatoms. The molecule has 2 rings (SSSR count). The molecule has 0 bridgehead atoms. The maximum Gasteiger partial charge on any atom is 0.345 e. The van der Waals surface area contributed by atoms with Crippen LogP contribution in [0.4, 0.5) is 15.1 Å². The van der Waals surface area contributed by atoms with Crippen LogP contribution in [0.1, 0.15) is 20.0 Å². The number of non-ortho nitro benzene ring substituents is 1. The van der Waals surface area contributed by atoms with Crippen molar-refractivity contribution in [2.75, 3.05) is 5.32 Å². The van der Waals surface area contributed by atoms with Crippen molar-refractivity contribution >= 4 is 33.9 Å². The average Bonchev–Trinajstić information content (AvgIpc) is 2.86. The standard InChI is InChI=1S/C12H7FN2O5S/c13-7-3-6(4-8(5-7)15(19)20)11(16)14-10-2-1-9(21-10)12(17)18/h1-5H,(H,14,16)(H,17,18). The summed E-state index contributed by atoms with van der Waals surface area (Å²) in [5.41, 5.74) is -0.774. The predicted molar refractivity (Wildman–Crippen MR) is 72.3 cm³/mol. The van der Waals surface area contributed by atoms with Gasteiger partial charge in [-0.2, -0.15) is 0 Å². The van der Waals surface area contributed by atoms with E-state index in [0.29, 0.717) is 6.07 Å². The largest absolute Gasteiger partial charge is 0.477 e. The zero-order chi connectivity index (χ0) is 15.6. The van der Waals surface area contributed by atoms with Crippen molar-refractivity contribution in [3.63, 3.8) is 0 Å². The van der Waals surface area contributed by atoms with Gasteiger partial charge in [0.25, 0.3) is 11.6 Å². The Labute approximate surface area is 120 Å². The number of hydrogen-bond donors (Lipinski definition) is 2. The molecule has 7 nitrogen and oxygen atoms in total. The number of rotatable bonds is 4. The number of carbonyl (C=O) groups is 2. The van der Waals surface area contributed by atoms with Gasteiger partial charge in [0.05, 0.1) is 16.0 Å². The van der Waals surface area contributed by atoms with Crippen molar-refractivity contribution < 1.29 is 24.0 Å². The zero-order valence-corrected chi connectivity index (χ0v) is 11.0. The van der Waals surface area contributed by atoms with E-state index in [1.54, 1.807) is 0 Å². The van der Waals surface area contributed by atoms with Gasteiger partial charge in [-0.25, -0.2) is 9.18 Å². The van der Waals surface area contributed by atoms with Crippen LogP contribution >= 0.6 is 11.3 Å². The van der Waals surface area contributed by atoms with Crippen LogP contribution in [-0.4, -0.2) is 21.9 Å². The van der Waals surface area contributed by atoms with E-state index in [9.17, 15) is 24.1 Å². The average molecular weight is 310 g/mol. The maximum atomic E-state index is 13.2. The van der Waals surface area contributed by atoms with Crippen LogP contribution in [0.2, 0.25) is 0 Å². The number of aromatic carboxylic acids is 1. The molecule has 0 spiro atoms. The number of carboxylic acids is 1. The molecule has 0 aliphatic heterocycles. The summed E-state index contributed by atoms with van der Waals surface area (Å²) in [5.74, 6) is -2.81. The van der Waals surface area contributed by atoms with E-state index in [0.717, 1.165) is 23.5 Å². The fraction of sp³-hybridized carbons (Fsp3) is 0. The van der Waals surface area contributed by atoms with E-state index in [-0.39, 0.29) is 15.4 Å². The number of anilines is 1. The Bertz CT molecular complexity index is 743. The molecular weight excluding hydrogens is 303 g/mol. The Hall–Kier alpha value is -2.81. The molecule has 0 unspecified atom stereocenters. The fourth-order valence-corrected chi connectivity index (χ4v) is 2.25. The molecule has 0 fully saturated rings. The van der Waals surface area contributed by atoms with Crippen LogP contribution in [-0.2, 0) is 0 Å². The van der Waals surface area contributed by atoms with E-state index >= 15 is 0 Å². The smallest absolute Gasteiger partial charge is 0.345 e. The first-order chi connectivity index (χ1) is 9.86. The summed E-state index contributed by atoms with van der Waals surface area (Å²) in [7, 11) is 0. The van der Waals surface area contributed by atoms with Gasteiger partial charge in [0.1, 0.15) is 10.7 Å². The lowest BCUT2D eigenvalue weighted by Gasteiger charge is -2.02. The molecule has 2 N–H and O–H groups in total. The Morgan fingerprint density at radius 2 is 2.00 bits per heavy atom. The van der Waals surface area contributed by atoms with Crippen LogP contribution in [0, 0.1) is 15.9 Å². The van der Waals surface area contributed by atoms with Crippen LogP contribution in [0.5, 0.6) is 0 Å². The second-order valence-corrected chi connectivity index (χ2v) is 4.96. The van der Waals surface area contributed by atoms with Gasteiger partial charge in [0, 0.05) is 11.6 Å². The number of halogens is 1. The normalized spacial score (nSPS) is 10.1. The SMILES string of the molecule is O=C(Nc1ccc(C(=O)O)s1)c1cc(F)cc([N+](=O)[O-])c1. The fourth-order valence-electron chi connectivity index (χ4n) is 1.51. The van der Waals surface area contributed by atoms with Crippen molar-refractivity contribution in [1.29, 1.82) is 0 Å². The Morgan fingerprint density at radius 3 is 2.57 bits per heavy atom. The summed E-state index contributed by atoms with van der Waals surface area (Å²) in [5, 5.41) is 22.0. The van der Waals surface area contributed by atoms with E-state index in [1.165, 1.54) is 12.1 Å². The second kappa shape index (κ2) is 5.67. The van der Waals surface area contributed by atoms with Crippen LogP contribution < -0.4 is 5.32 Å². The molecule has 0 radical (unpaired) electrons. The molecule has 1 aromatic heterocycles. The van der Waals surface area contributed by atoms with Gasteiger partial charge < -0.3 is 10.4 Å². The summed E-state index contributed by atoms with van der Waals surface area (Å²) in [6, 6.07) is 5.17. The quantitative estimate of drug-likeness (QED) is 0.666. The summed E-state index contributed by atoms with van der Waals surface area (Å²) in [6.07, 6.45) is 0. The molecule has 0 aliphatic carbocycles. The number of nitro benzene ring substituents is 1. The van der Waals surface area contributed by atoms with Crippen LogP contribution in [0.15, 0.2) is 30.3 Å². The third-order valence-electron chi connectivity index (χ3n) is 2.41. The first-order valence-electron chi connectivity index (χ1n) is 5.46. The van der Waals surface area contributed by atoms with E-state index in [2.05, 4.69) is 5.32 Å². The van der Waals surface area contributed by atoms with Gasteiger partial charge in [0.15, 0.2) is 0 Å². The van der Waals surface area contributed by atoms with Crippen molar-refractivity contribution in [2.24, 2.45) is 0 Å². The number of hydrogen-bond acceptors (Lipinski definition) is 5. The maximum absolute atomic E-state index is 13.2. The highest BCUT2D eigenvalue weighted by Crippen LogP contribution is 2.23. The van der Waals surface area contributed by atoms with Gasteiger partial charge in [-0.1, -0.05) is 0 Å². The highest BCUT2D eigenvalue weighted by molar-refractivity contribution is 7.18. The molecule has 0 atom stereocenters. The molecule has 1 heterocycles. The molecule has 0 aliphatic rings. The lowest BCUT2D eigenvalue weighted by molar-refractivity contribution is -0.385. The molecule has 2 aromatic rings. The lowest BCUT2D eigenvalue weighted by atomic mass is 10.2. The highest BCUT2D eigenvalue weighted by Gasteiger charge is 2.16. The number of nitrogens with one attached hydrogen (secondary N) is 1. The first kappa shape index (κ1) is 14.6. The number of carboxylic acid groups (broad SMARTS) is 1. The summed E-state index contributed by atoms with van der Waals surface area (Å²) < 4.78 is 13.2. The van der Waals surface area contributed by atoms with Gasteiger partial charge in [-0.3, -0.25) is 14.9 Å². The zero-order valence-electron chi connectivity index (χ0n) is 10.2. The number of thiophene rings is 1. The first-order valence-corrected chi connectivity index (χ1v) is 6.28. The Kier molecular flexibility index (Phi) is 3.94. The van der Waals surface area contributed by atoms with Crippen molar-refractivity contribution in [3.8, 4) is 0 Å². The van der Waals surface area contributed by atoms with Gasteiger partial charge >= 0.3 is 5.97 Å². The molecule has 21 heavy (non-hydrogen) atoms. The Morgan fingerprint density at radius 1 is 1.29 bits per heavy atom. The highest BCUT2D eigenvalue weighted by atomic mass is 32.1. The van der Waals surface area contributed by atoms with Gasteiger partial charge in [0.2, 0.25) is 0 Å². The van der Waals surface area contributed by atoms with E-state index < -0.39 is 28.3 Å². The molecular formula is C12H7FN2O5S. The van der Waals surface area contributed by atoms with Crippen LogP contribution in [0.25, 0.3) is 0 Å². The molecule has 0 saturated carbocycles. The van der Waals surface area contributed by atoms with E-state index in [4.69, 9.17) is 5.11 Å². The van der Waals surface area contributed by atoms with Crippen LogP contribution in [0.3, 0.4) is 0 Å². The molecule has 1 amide bonds. The summed E-state index contributed by atoms with van der Waals surface area (Å²) in [4.78, 5) is 32.4. The lowest BCUT2D eigenvalue weighted by Crippen LogP contribution is -2.11. The minimum Gasteiger partial charge on any atom is -0.477 e. The van der Waals surface area contributed by atoms with Gasteiger partial charge in [-0.15, -0.1) is 11.3 Å². The minimum atomic E-state index is -1.14. The predicted octanol–water partition coefficient (Wildman–Crippen LogP) is 2.75. The Balaban J connectivity index is 2.23. The third kappa shape index (κ3) is 3.39. The molecule has 0 saturated heterocycles. The number of nitro groups is 1. The van der Waals surface area contributed by atoms with Crippen molar-refractivity contribution in [1.82, 2.24) is 0 Å². The molecule has 1 aromatic carbocycles. The van der Waals surface area contributed by atoms with Gasteiger partial charge in [-0.05, 0) is 18.2 Å². The number of amides is 1. The molecule has 108 valence electrons. The monoisotopic (exact) mass is 310 g/mol.